The molecular weight excluding hydrogens is 530 g/mol. The minimum Gasteiger partial charge on any atom is -0.454 e. The smallest absolute Gasteiger partial charge is 0.147 e. The summed E-state index contributed by atoms with van der Waals surface area (Å²) >= 11 is 6.21. The van der Waals surface area contributed by atoms with E-state index in [0.717, 1.165) is 60.8 Å². The first-order valence-corrected chi connectivity index (χ1v) is 14.8. The Bertz CT molecular complexity index is 1630. The van der Waals surface area contributed by atoms with Crippen LogP contribution >= 0.6 is 11.6 Å². The Labute approximate surface area is 247 Å². The van der Waals surface area contributed by atoms with Crippen molar-refractivity contribution < 1.29 is 4.74 Å². The van der Waals surface area contributed by atoms with Crippen LogP contribution in [0.15, 0.2) is 72.6 Å². The van der Waals surface area contributed by atoms with Crippen LogP contribution in [0.2, 0.25) is 5.02 Å². The number of nitrogens with zero attached hydrogens (tertiary/aromatic N) is 4. The molecule has 0 spiro atoms. The number of H-pyrrole nitrogens is 1. The Morgan fingerprint density at radius 2 is 1.95 bits per heavy atom. The number of anilines is 1. The third-order valence-electron chi connectivity index (χ3n) is 8.52. The van der Waals surface area contributed by atoms with E-state index >= 15 is 0 Å². The van der Waals surface area contributed by atoms with Crippen molar-refractivity contribution in [1.82, 2.24) is 14.9 Å². The molecule has 0 radical (unpaired) electrons. The molecule has 1 fully saturated rings. The molecule has 2 aromatic heterocycles. The third-order valence-corrected chi connectivity index (χ3v) is 8.78. The number of hydrogen-bond donors (Lipinski definition) is 1. The van der Waals surface area contributed by atoms with Gasteiger partial charge in [0.2, 0.25) is 0 Å². The number of nitrogens with one attached hydrogen (secondary N) is 1. The summed E-state index contributed by atoms with van der Waals surface area (Å²) < 4.78 is 6.19. The lowest BCUT2D eigenvalue weighted by atomic mass is 9.72. The van der Waals surface area contributed by atoms with Gasteiger partial charge in [-0.3, -0.25) is 4.90 Å². The van der Waals surface area contributed by atoms with Gasteiger partial charge in [-0.1, -0.05) is 43.2 Å². The highest BCUT2D eigenvalue weighted by Crippen LogP contribution is 2.43. The van der Waals surface area contributed by atoms with E-state index in [1.54, 1.807) is 11.8 Å². The monoisotopic (exact) mass is 565 g/mol. The average molecular weight is 566 g/mol. The van der Waals surface area contributed by atoms with Gasteiger partial charge in [0, 0.05) is 60.6 Å². The lowest BCUT2D eigenvalue weighted by Gasteiger charge is -2.43. The highest BCUT2D eigenvalue weighted by Gasteiger charge is 2.30. The topological polar surface area (TPSA) is 68.2 Å². The summed E-state index contributed by atoms with van der Waals surface area (Å²) in [6.45, 7) is 10.9. The molecule has 7 heteroatoms. The molecule has 3 heterocycles. The number of nitriles is 1. The third kappa shape index (κ3) is 5.98. The zero-order valence-corrected chi connectivity index (χ0v) is 24.7. The molecule has 2 aliphatic rings. The van der Waals surface area contributed by atoms with Gasteiger partial charge < -0.3 is 14.6 Å². The van der Waals surface area contributed by atoms with E-state index in [-0.39, 0.29) is 0 Å². The fourth-order valence-corrected chi connectivity index (χ4v) is 6.39. The zero-order chi connectivity index (χ0) is 28.6. The van der Waals surface area contributed by atoms with Crippen LogP contribution in [0.4, 0.5) is 5.69 Å². The van der Waals surface area contributed by atoms with E-state index in [2.05, 4.69) is 58.7 Å². The van der Waals surface area contributed by atoms with E-state index < -0.39 is 0 Å². The van der Waals surface area contributed by atoms with Crippen molar-refractivity contribution in [1.29, 1.82) is 5.26 Å². The molecule has 0 unspecified atom stereocenters. The predicted molar refractivity (Wildman–Crippen MR) is 167 cm³/mol. The number of halogens is 1. The molecule has 1 aliphatic heterocycles. The summed E-state index contributed by atoms with van der Waals surface area (Å²) in [7, 11) is 0. The Balaban J connectivity index is 1.18. The van der Waals surface area contributed by atoms with E-state index in [1.165, 1.54) is 17.6 Å². The predicted octanol–water partition coefficient (Wildman–Crippen LogP) is 8.05. The number of rotatable bonds is 6. The first-order valence-electron chi connectivity index (χ1n) is 14.4. The molecule has 0 bridgehead atoms. The lowest BCUT2D eigenvalue weighted by molar-refractivity contribution is 0.237. The maximum atomic E-state index is 9.75. The Hall–Kier alpha value is -3.79. The maximum Gasteiger partial charge on any atom is 0.147 e. The van der Waals surface area contributed by atoms with E-state index in [4.69, 9.17) is 16.3 Å². The molecule has 210 valence electrons. The molecule has 4 aromatic rings. The summed E-state index contributed by atoms with van der Waals surface area (Å²) in [6.07, 6.45) is 7.00. The molecule has 6 rings (SSSR count). The normalized spacial score (nSPS) is 19.4. The van der Waals surface area contributed by atoms with Gasteiger partial charge in [0.05, 0.1) is 11.8 Å². The first-order chi connectivity index (χ1) is 19.8. The molecule has 0 saturated carbocycles. The van der Waals surface area contributed by atoms with Crippen molar-refractivity contribution in [2.45, 2.75) is 46.1 Å². The minimum atomic E-state index is 0.309. The average Bonchev–Trinajstić information content (AvgIpc) is 3.42. The molecule has 1 saturated heterocycles. The minimum absolute atomic E-state index is 0.309. The first kappa shape index (κ1) is 27.4. The Morgan fingerprint density at radius 3 is 2.73 bits per heavy atom. The molecule has 2 aromatic carbocycles. The standard InChI is InChI=1S/C34H36ClN5O/c1-23-21-39(22-27-10-12-34(2,3)18-31(27)24-4-7-28(35)8-5-24)14-15-40(23)29-9-6-26(19-36)32(17-29)41-30-16-25-11-13-37-33(25)38-20-30/h4-9,11,13,16-17,20,23H,10,12,14-15,18,21-22H2,1-3H3,(H,37,38)/t23-/m1/s1. The molecule has 6 nitrogen and oxygen atoms in total. The van der Waals surface area contributed by atoms with Gasteiger partial charge in [0.15, 0.2) is 0 Å². The highest BCUT2D eigenvalue weighted by molar-refractivity contribution is 6.30. The van der Waals surface area contributed by atoms with Crippen LogP contribution in [0.1, 0.15) is 51.2 Å². The Kier molecular flexibility index (Phi) is 7.50. The van der Waals surface area contributed by atoms with Crippen LogP contribution in [-0.2, 0) is 0 Å². The number of ether oxygens (including phenoxy) is 1. The number of fused-ring (bicyclic) bond motifs is 1. The lowest BCUT2D eigenvalue weighted by Crippen LogP contribution is -2.52. The SMILES string of the molecule is C[C@@H]1CN(CC2=C(c3ccc(Cl)cc3)CC(C)(C)CC2)CCN1c1ccc(C#N)c(Oc2cnc3[nH]ccc3c2)c1. The molecular formula is C34H36ClN5O. The number of hydrogen-bond acceptors (Lipinski definition) is 5. The van der Waals surface area contributed by atoms with Crippen molar-refractivity contribution in [2.24, 2.45) is 5.41 Å². The molecule has 1 atom stereocenters. The van der Waals surface area contributed by atoms with Gasteiger partial charge in [-0.25, -0.2) is 4.98 Å². The van der Waals surface area contributed by atoms with Crippen LogP contribution in [0.3, 0.4) is 0 Å². The van der Waals surface area contributed by atoms with Crippen molar-refractivity contribution in [3.63, 3.8) is 0 Å². The van der Waals surface area contributed by atoms with Gasteiger partial charge >= 0.3 is 0 Å². The summed E-state index contributed by atoms with van der Waals surface area (Å²) in [5.41, 5.74) is 7.07. The van der Waals surface area contributed by atoms with Gasteiger partial charge in [-0.05, 0) is 79.1 Å². The van der Waals surface area contributed by atoms with Gasteiger partial charge in [-0.2, -0.15) is 5.26 Å². The second-order valence-corrected chi connectivity index (χ2v) is 12.6. The van der Waals surface area contributed by atoms with Gasteiger partial charge in [-0.15, -0.1) is 0 Å². The summed E-state index contributed by atoms with van der Waals surface area (Å²) in [5.74, 6) is 1.17. The summed E-state index contributed by atoms with van der Waals surface area (Å²) in [4.78, 5) is 12.5. The van der Waals surface area contributed by atoms with Crippen molar-refractivity contribution in [2.75, 3.05) is 31.1 Å². The number of benzene rings is 2. The van der Waals surface area contributed by atoms with Gasteiger partial charge in [0.25, 0.3) is 0 Å². The van der Waals surface area contributed by atoms with Gasteiger partial charge in [0.1, 0.15) is 23.2 Å². The number of allylic oxidation sites excluding steroid dienone is 1. The van der Waals surface area contributed by atoms with Crippen LogP contribution < -0.4 is 9.64 Å². The molecule has 1 aliphatic carbocycles. The summed E-state index contributed by atoms with van der Waals surface area (Å²) in [5, 5.41) is 11.5. The van der Waals surface area contributed by atoms with Crippen LogP contribution in [0.25, 0.3) is 16.6 Å². The van der Waals surface area contributed by atoms with Crippen LogP contribution in [0.5, 0.6) is 11.5 Å². The summed E-state index contributed by atoms with van der Waals surface area (Å²) in [6, 6.07) is 20.8. The molecule has 0 amide bonds. The molecule has 41 heavy (non-hydrogen) atoms. The largest absolute Gasteiger partial charge is 0.454 e. The zero-order valence-electron chi connectivity index (χ0n) is 24.0. The fraction of sp³-hybridized carbons (Fsp3) is 0.353. The van der Waals surface area contributed by atoms with Crippen LogP contribution in [-0.4, -0.2) is 47.1 Å². The fourth-order valence-electron chi connectivity index (χ4n) is 6.26. The number of pyridine rings is 1. The second kappa shape index (κ2) is 11.2. The maximum absolute atomic E-state index is 9.75. The number of aromatic amines is 1. The molecule has 1 N–H and O–H groups in total. The van der Waals surface area contributed by atoms with E-state index in [1.807, 2.05) is 48.7 Å². The van der Waals surface area contributed by atoms with E-state index in [0.29, 0.717) is 28.5 Å². The number of piperazine rings is 1. The Morgan fingerprint density at radius 1 is 1.12 bits per heavy atom. The van der Waals surface area contributed by atoms with Crippen molar-refractivity contribution >= 4 is 33.9 Å². The number of aromatic nitrogens is 2. The van der Waals surface area contributed by atoms with Crippen LogP contribution in [0, 0.1) is 16.7 Å². The quantitative estimate of drug-likeness (QED) is 0.256. The van der Waals surface area contributed by atoms with Crippen molar-refractivity contribution in [3.8, 4) is 17.6 Å². The highest BCUT2D eigenvalue weighted by atomic mass is 35.5. The van der Waals surface area contributed by atoms with Crippen molar-refractivity contribution in [3.05, 3.63) is 88.7 Å². The van der Waals surface area contributed by atoms with E-state index in [9.17, 15) is 5.26 Å². The second-order valence-electron chi connectivity index (χ2n) is 12.2.